The van der Waals surface area contributed by atoms with Crippen LogP contribution in [0.2, 0.25) is 0 Å². The molecule has 4 nitrogen and oxygen atoms in total. The van der Waals surface area contributed by atoms with Gasteiger partial charge in [0.05, 0.1) is 13.5 Å². The fourth-order valence-corrected chi connectivity index (χ4v) is 2.92. The number of rotatable bonds is 3. The number of amides is 1. The topological polar surface area (TPSA) is 46.6 Å². The Morgan fingerprint density at radius 3 is 2.74 bits per heavy atom. The van der Waals surface area contributed by atoms with Gasteiger partial charge in [-0.3, -0.25) is 9.59 Å². The molecule has 0 saturated heterocycles. The fourth-order valence-electron chi connectivity index (χ4n) is 2.92. The minimum Gasteiger partial charge on any atom is -0.469 e. The third kappa shape index (κ3) is 2.95. The molecule has 0 aromatic heterocycles. The maximum Gasteiger partial charge on any atom is 0.306 e. The van der Waals surface area contributed by atoms with Gasteiger partial charge < -0.3 is 9.64 Å². The minimum absolute atomic E-state index is 0.115. The summed E-state index contributed by atoms with van der Waals surface area (Å²) in [6.45, 7) is 0.379. The van der Waals surface area contributed by atoms with Crippen LogP contribution >= 0.6 is 0 Å². The molecule has 0 radical (unpaired) electrons. The third-order valence-corrected chi connectivity index (χ3v) is 4.03. The van der Waals surface area contributed by atoms with E-state index in [9.17, 15) is 14.0 Å². The van der Waals surface area contributed by atoms with E-state index in [1.807, 2.05) is 24.3 Å². The van der Waals surface area contributed by atoms with Gasteiger partial charge in [-0.15, -0.1) is 0 Å². The molecule has 1 amide bonds. The Hall–Kier alpha value is -2.69. The molecule has 0 N–H and O–H groups in total. The van der Waals surface area contributed by atoms with Crippen molar-refractivity contribution >= 4 is 17.6 Å². The predicted octanol–water partition coefficient (Wildman–Crippen LogP) is 3.13. The van der Waals surface area contributed by atoms with E-state index in [2.05, 4.69) is 0 Å². The van der Waals surface area contributed by atoms with Crippen molar-refractivity contribution in [3.63, 3.8) is 0 Å². The van der Waals surface area contributed by atoms with Crippen molar-refractivity contribution in [1.82, 2.24) is 0 Å². The smallest absolute Gasteiger partial charge is 0.306 e. The molecule has 1 unspecified atom stereocenters. The van der Waals surface area contributed by atoms with Crippen LogP contribution in [0.5, 0.6) is 0 Å². The maximum atomic E-state index is 13.4. The molecule has 1 aliphatic heterocycles. The number of anilines is 1. The summed E-state index contributed by atoms with van der Waals surface area (Å²) in [7, 11) is 1.35. The van der Waals surface area contributed by atoms with E-state index in [1.165, 1.54) is 25.3 Å². The van der Waals surface area contributed by atoms with Gasteiger partial charge in [0.2, 0.25) is 0 Å². The monoisotopic (exact) mass is 313 g/mol. The lowest BCUT2D eigenvalue weighted by molar-refractivity contribution is -0.141. The Morgan fingerprint density at radius 1 is 1.22 bits per heavy atom. The van der Waals surface area contributed by atoms with Gasteiger partial charge in [-0.1, -0.05) is 24.3 Å². The number of fused-ring (bicyclic) bond motifs is 1. The van der Waals surface area contributed by atoms with Crippen molar-refractivity contribution in [1.29, 1.82) is 0 Å². The van der Waals surface area contributed by atoms with Crippen molar-refractivity contribution in [2.24, 2.45) is 0 Å². The molecule has 5 heteroatoms. The number of methoxy groups -OCH3 is 1. The Morgan fingerprint density at radius 2 is 2.00 bits per heavy atom. The van der Waals surface area contributed by atoms with Gasteiger partial charge in [0.1, 0.15) is 5.82 Å². The van der Waals surface area contributed by atoms with Crippen LogP contribution in [0.4, 0.5) is 10.1 Å². The molecule has 0 spiro atoms. The number of esters is 1. The van der Waals surface area contributed by atoms with E-state index in [-0.39, 0.29) is 24.2 Å². The summed E-state index contributed by atoms with van der Waals surface area (Å²) >= 11 is 0. The molecule has 0 saturated carbocycles. The van der Waals surface area contributed by atoms with Crippen LogP contribution in [0.1, 0.15) is 28.3 Å². The van der Waals surface area contributed by atoms with Gasteiger partial charge in [0.15, 0.2) is 0 Å². The second-order valence-corrected chi connectivity index (χ2v) is 5.46. The molecule has 1 heterocycles. The maximum absolute atomic E-state index is 13.4. The van der Waals surface area contributed by atoms with E-state index in [4.69, 9.17) is 4.74 Å². The molecule has 0 fully saturated rings. The summed E-state index contributed by atoms with van der Waals surface area (Å²) in [5.41, 5.74) is 1.98. The fraction of sp³-hybridized carbons (Fsp3) is 0.222. The molecule has 0 bridgehead atoms. The van der Waals surface area contributed by atoms with Crippen LogP contribution in [0.25, 0.3) is 0 Å². The van der Waals surface area contributed by atoms with Crippen molar-refractivity contribution in [2.45, 2.75) is 12.3 Å². The normalized spacial score (nSPS) is 16.1. The summed E-state index contributed by atoms with van der Waals surface area (Å²) in [5.74, 6) is -1.15. The van der Waals surface area contributed by atoms with Gasteiger partial charge in [-0.05, 0) is 29.8 Å². The Balaban J connectivity index is 1.92. The van der Waals surface area contributed by atoms with Gasteiger partial charge in [-0.2, -0.15) is 0 Å². The average Bonchev–Trinajstić information content (AvgIpc) is 2.93. The zero-order chi connectivity index (χ0) is 16.4. The summed E-state index contributed by atoms with van der Waals surface area (Å²) in [5, 5.41) is 0. The van der Waals surface area contributed by atoms with E-state index in [1.54, 1.807) is 11.0 Å². The molecular formula is C18H16FNO3. The van der Waals surface area contributed by atoms with Crippen molar-refractivity contribution < 1.29 is 18.7 Å². The third-order valence-electron chi connectivity index (χ3n) is 4.03. The van der Waals surface area contributed by atoms with E-state index >= 15 is 0 Å². The number of hydrogen-bond acceptors (Lipinski definition) is 3. The number of carbonyl (C=O) groups is 2. The first kappa shape index (κ1) is 15.2. The molecule has 0 aliphatic carbocycles. The predicted molar refractivity (Wildman–Crippen MR) is 83.9 cm³/mol. The van der Waals surface area contributed by atoms with Gasteiger partial charge in [0.25, 0.3) is 5.91 Å². The molecule has 23 heavy (non-hydrogen) atoms. The van der Waals surface area contributed by atoms with E-state index < -0.39 is 5.82 Å². The summed E-state index contributed by atoms with van der Waals surface area (Å²) in [6, 6.07) is 13.1. The van der Waals surface area contributed by atoms with Crippen molar-refractivity contribution in [3.05, 3.63) is 65.5 Å². The molecule has 3 rings (SSSR count). The van der Waals surface area contributed by atoms with Crippen LogP contribution in [-0.2, 0) is 9.53 Å². The molecular weight excluding hydrogens is 297 g/mol. The van der Waals surface area contributed by atoms with Crippen LogP contribution in [0, 0.1) is 5.82 Å². The lowest BCUT2D eigenvalue weighted by Crippen LogP contribution is -2.30. The second-order valence-electron chi connectivity index (χ2n) is 5.46. The van der Waals surface area contributed by atoms with Crippen LogP contribution in [-0.4, -0.2) is 25.5 Å². The highest BCUT2D eigenvalue weighted by Gasteiger charge is 2.34. The first-order chi connectivity index (χ1) is 11.1. The number of halogens is 1. The highest BCUT2D eigenvalue weighted by Crippen LogP contribution is 2.38. The zero-order valence-electron chi connectivity index (χ0n) is 12.7. The molecule has 118 valence electrons. The Bertz CT molecular complexity index is 759. The van der Waals surface area contributed by atoms with E-state index in [0.717, 1.165) is 11.3 Å². The second kappa shape index (κ2) is 6.20. The highest BCUT2D eigenvalue weighted by atomic mass is 19.1. The number of para-hydroxylation sites is 1. The van der Waals surface area contributed by atoms with Gasteiger partial charge in [-0.25, -0.2) is 4.39 Å². The first-order valence-electron chi connectivity index (χ1n) is 7.33. The van der Waals surface area contributed by atoms with Gasteiger partial charge >= 0.3 is 5.97 Å². The summed E-state index contributed by atoms with van der Waals surface area (Å²) < 4.78 is 18.1. The average molecular weight is 313 g/mol. The number of nitrogens with zero attached hydrogens (tertiary/aromatic N) is 1. The van der Waals surface area contributed by atoms with Crippen molar-refractivity contribution in [3.8, 4) is 0 Å². The van der Waals surface area contributed by atoms with E-state index in [0.29, 0.717) is 12.1 Å². The number of carbonyl (C=O) groups excluding carboxylic acids is 2. The summed E-state index contributed by atoms with van der Waals surface area (Å²) in [6.07, 6.45) is 0.209. The SMILES string of the molecule is COC(=O)CC1CN(C(=O)c2cccc(F)c2)c2ccccc21. The standard InChI is InChI=1S/C18H16FNO3/c1-23-17(21)10-13-11-20(16-8-3-2-7-15(13)16)18(22)12-5-4-6-14(19)9-12/h2-9,13H,10-11H2,1H3. The molecule has 1 atom stereocenters. The largest absolute Gasteiger partial charge is 0.469 e. The summed E-state index contributed by atoms with van der Waals surface area (Å²) in [4.78, 5) is 25.9. The quantitative estimate of drug-likeness (QED) is 0.818. The highest BCUT2D eigenvalue weighted by molar-refractivity contribution is 6.07. The van der Waals surface area contributed by atoms with Crippen LogP contribution < -0.4 is 4.90 Å². The number of benzene rings is 2. The Kier molecular flexibility index (Phi) is 4.10. The van der Waals surface area contributed by atoms with Crippen LogP contribution in [0.3, 0.4) is 0 Å². The molecule has 2 aromatic carbocycles. The zero-order valence-corrected chi connectivity index (χ0v) is 12.7. The first-order valence-corrected chi connectivity index (χ1v) is 7.33. The lowest BCUT2D eigenvalue weighted by atomic mass is 9.98. The molecule has 1 aliphatic rings. The lowest BCUT2D eigenvalue weighted by Gasteiger charge is -2.18. The van der Waals surface area contributed by atoms with Crippen LogP contribution in [0.15, 0.2) is 48.5 Å². The number of ether oxygens (including phenoxy) is 1. The van der Waals surface area contributed by atoms with Gasteiger partial charge in [0, 0.05) is 23.7 Å². The molecule has 2 aromatic rings. The number of hydrogen-bond donors (Lipinski definition) is 0. The Labute approximate surface area is 133 Å². The minimum atomic E-state index is -0.450. The van der Waals surface area contributed by atoms with Crippen molar-refractivity contribution in [2.75, 3.05) is 18.6 Å².